The Balaban J connectivity index is 0.827. The van der Waals surface area contributed by atoms with E-state index in [0.29, 0.717) is 46.6 Å². The third kappa shape index (κ3) is 9.15. The van der Waals surface area contributed by atoms with Gasteiger partial charge in [-0.15, -0.1) is 0 Å². The van der Waals surface area contributed by atoms with E-state index in [1.54, 1.807) is 17.0 Å². The first kappa shape index (κ1) is 38.0. The van der Waals surface area contributed by atoms with Crippen LogP contribution in [0.4, 0.5) is 10.6 Å². The molecule has 0 saturated carbocycles. The molecular weight excluding hydrogens is 778 g/mol. The maximum Gasteiger partial charge on any atom is 0.323 e. The highest BCUT2D eigenvalue weighted by molar-refractivity contribution is 9.10. The van der Waals surface area contributed by atoms with Gasteiger partial charge in [-0.2, -0.15) is 0 Å². The number of ketones is 1. The summed E-state index contributed by atoms with van der Waals surface area (Å²) in [6.07, 6.45) is 9.24. The Morgan fingerprint density at radius 1 is 1.00 bits per heavy atom. The number of aromatic nitrogens is 4. The van der Waals surface area contributed by atoms with E-state index in [-0.39, 0.29) is 72.0 Å². The quantitative estimate of drug-likeness (QED) is 0.154. The lowest BCUT2D eigenvalue weighted by Crippen LogP contribution is -2.49. The van der Waals surface area contributed by atoms with Gasteiger partial charge in [-0.3, -0.25) is 24.3 Å². The van der Waals surface area contributed by atoms with Crippen molar-refractivity contribution < 1.29 is 19.1 Å². The fourth-order valence-corrected chi connectivity index (χ4v) is 8.04. The average Bonchev–Trinajstić information content (AvgIpc) is 3.59. The Labute approximate surface area is 325 Å². The van der Waals surface area contributed by atoms with Crippen molar-refractivity contribution >= 4 is 62.0 Å². The van der Waals surface area contributed by atoms with Gasteiger partial charge in [0.25, 0.3) is 11.5 Å². The van der Waals surface area contributed by atoms with Gasteiger partial charge in [0.05, 0.1) is 41.5 Å². The number of benzene rings is 2. The van der Waals surface area contributed by atoms with E-state index in [0.717, 1.165) is 45.1 Å². The first-order chi connectivity index (χ1) is 26.2. The van der Waals surface area contributed by atoms with Gasteiger partial charge in [0.1, 0.15) is 0 Å². The number of hydrogen-bond donors (Lipinski definition) is 4. The molecule has 0 bridgehead atoms. The van der Waals surface area contributed by atoms with E-state index in [9.17, 15) is 19.2 Å². The van der Waals surface area contributed by atoms with Gasteiger partial charge in [-0.25, -0.2) is 19.7 Å². The molecule has 3 amide bonds. The number of urea groups is 1. The van der Waals surface area contributed by atoms with Crippen LogP contribution in [0.2, 0.25) is 5.02 Å². The van der Waals surface area contributed by atoms with E-state index >= 15 is 0 Å². The lowest BCUT2D eigenvalue weighted by Gasteiger charge is -2.34. The minimum atomic E-state index is -0.362. The normalized spacial score (nSPS) is 19.1. The number of ether oxygens (including phenoxy) is 1. The van der Waals surface area contributed by atoms with Crippen molar-refractivity contribution in [2.75, 3.05) is 38.1 Å². The molecule has 0 spiro atoms. The molecule has 4 N–H and O–H groups in total. The monoisotopic (exact) mass is 819 g/mol. The van der Waals surface area contributed by atoms with Crippen LogP contribution in [0, 0.1) is 0 Å². The largest absolute Gasteiger partial charge is 0.375 e. The summed E-state index contributed by atoms with van der Waals surface area (Å²) in [5.74, 6) is -0.306. The molecule has 2 saturated heterocycles. The second-order valence-corrected chi connectivity index (χ2v) is 15.3. The number of nitrogens with one attached hydrogen (secondary N) is 4. The summed E-state index contributed by atoms with van der Waals surface area (Å²) < 4.78 is 8.24. The van der Waals surface area contributed by atoms with E-state index < -0.39 is 0 Å². The topological polar surface area (TPSA) is 172 Å². The molecule has 2 atom stereocenters. The van der Waals surface area contributed by atoms with Crippen LogP contribution >= 0.6 is 27.5 Å². The van der Waals surface area contributed by atoms with Crippen LogP contribution in [0.3, 0.4) is 0 Å². The molecule has 14 nitrogen and oxygen atoms in total. The number of nitrogens with zero attached hydrogens (tertiary/aromatic N) is 5. The number of carbonyl (C=O) groups excluding carboxylic acids is 3. The fraction of sp³-hybridized carbons (Fsp3) is 0.447. The third-order valence-corrected chi connectivity index (χ3v) is 11.6. The lowest BCUT2D eigenvalue weighted by atomic mass is 9.96. The summed E-state index contributed by atoms with van der Waals surface area (Å²) in [6, 6.07) is 11.1. The van der Waals surface area contributed by atoms with E-state index in [1.807, 2.05) is 12.1 Å². The maximum absolute atomic E-state index is 13.2. The highest BCUT2D eigenvalue weighted by Gasteiger charge is 2.29. The van der Waals surface area contributed by atoms with Crippen molar-refractivity contribution in [2.45, 2.75) is 75.7 Å². The van der Waals surface area contributed by atoms with Crippen LogP contribution in [0.1, 0.15) is 53.7 Å². The summed E-state index contributed by atoms with van der Waals surface area (Å²) in [5.41, 5.74) is 2.75. The Morgan fingerprint density at radius 2 is 1.76 bits per heavy atom. The molecule has 0 radical (unpaired) electrons. The molecule has 2 unspecified atom stereocenters. The number of likely N-dealkylation sites (tertiary alicyclic amines) is 1. The zero-order chi connectivity index (χ0) is 37.6. The average molecular weight is 821 g/mol. The van der Waals surface area contributed by atoms with Crippen LogP contribution in [0.25, 0.3) is 10.9 Å². The first-order valence-corrected chi connectivity index (χ1v) is 19.6. The first-order valence-electron chi connectivity index (χ1n) is 18.4. The highest BCUT2D eigenvalue weighted by atomic mass is 79.9. The molecule has 284 valence electrons. The molecule has 16 heteroatoms. The molecule has 2 fully saturated rings. The van der Waals surface area contributed by atoms with Crippen LogP contribution in [-0.2, 0) is 28.9 Å². The molecule has 54 heavy (non-hydrogen) atoms. The van der Waals surface area contributed by atoms with E-state index in [2.05, 4.69) is 64.3 Å². The predicted molar refractivity (Wildman–Crippen MR) is 208 cm³/mol. The molecule has 2 aliphatic heterocycles. The lowest BCUT2D eigenvalue weighted by molar-refractivity contribution is -0.121. The van der Waals surface area contributed by atoms with Gasteiger partial charge in [0, 0.05) is 61.0 Å². The van der Waals surface area contributed by atoms with Gasteiger partial charge in [0.15, 0.2) is 17.3 Å². The van der Waals surface area contributed by atoms with E-state index in [1.165, 1.54) is 34.4 Å². The maximum atomic E-state index is 13.2. The highest BCUT2D eigenvalue weighted by Crippen LogP contribution is 2.26. The summed E-state index contributed by atoms with van der Waals surface area (Å²) >= 11 is 9.54. The van der Waals surface area contributed by atoms with Gasteiger partial charge in [-0.1, -0.05) is 35.9 Å². The Bertz CT molecular complexity index is 2050. The Morgan fingerprint density at radius 3 is 2.54 bits per heavy atom. The predicted octanol–water partition coefficient (Wildman–Crippen LogP) is 3.88. The van der Waals surface area contributed by atoms with Crippen LogP contribution < -0.4 is 26.8 Å². The zero-order valence-electron chi connectivity index (χ0n) is 29.7. The van der Waals surface area contributed by atoms with E-state index in [4.69, 9.17) is 16.3 Å². The summed E-state index contributed by atoms with van der Waals surface area (Å²) in [4.78, 5) is 67.1. The van der Waals surface area contributed by atoms with Gasteiger partial charge in [-0.05, 0) is 84.3 Å². The van der Waals surface area contributed by atoms with Crippen molar-refractivity contribution in [1.29, 1.82) is 0 Å². The number of piperidine rings is 2. The summed E-state index contributed by atoms with van der Waals surface area (Å²) in [6.45, 7) is 2.92. The SMILES string of the molecule is O=C(CC1NCCCC1OCCNC1CCN(C(=O)Nc2nccnc2C(=O)NC2Cc3ccccc3C2)CC1)Cn1cnc2cc(Br)c(Cl)cc2c1=O. The van der Waals surface area contributed by atoms with Gasteiger partial charge >= 0.3 is 6.03 Å². The minimum absolute atomic E-state index is 0.0372. The van der Waals surface area contributed by atoms with Gasteiger partial charge in [0.2, 0.25) is 0 Å². The van der Waals surface area contributed by atoms with Crippen LogP contribution in [-0.4, -0.2) is 99.2 Å². The number of Topliss-reactive ketones (excluding diaryl/α,β-unsaturated/α-hetero) is 1. The standard InChI is InChI=1S/C38H43BrClN9O5/c39-29-20-31-28(19-30(29)40)37(52)49(22-45-31)21-27(50)18-32-33(6-3-9-42-32)54-15-12-41-25-7-13-48(14-8-25)38(53)47-35-34(43-10-11-44-35)36(51)46-26-16-23-4-1-2-5-24(23)17-26/h1-2,4-5,10-11,19-20,22,25-26,32-33,41-42H,3,6-9,12-18,21H2,(H,46,51)(H,44,47,53). The van der Waals surface area contributed by atoms with Crippen molar-refractivity contribution in [1.82, 2.24) is 40.4 Å². The Kier molecular flexibility index (Phi) is 12.3. The third-order valence-electron chi connectivity index (χ3n) is 10.4. The zero-order valence-corrected chi connectivity index (χ0v) is 32.1. The number of rotatable bonds is 12. The Hall–Kier alpha value is -4.28. The van der Waals surface area contributed by atoms with Gasteiger partial charge < -0.3 is 25.6 Å². The molecule has 1 aliphatic carbocycles. The van der Waals surface area contributed by atoms with Crippen LogP contribution in [0.5, 0.6) is 0 Å². The molecule has 4 aromatic rings. The second kappa shape index (κ2) is 17.5. The molecule has 3 aliphatic rings. The molecular formula is C38H43BrClN9O5. The number of halogens is 2. The second-order valence-electron chi connectivity index (χ2n) is 14.1. The summed E-state index contributed by atoms with van der Waals surface area (Å²) in [7, 11) is 0. The number of anilines is 1. The van der Waals surface area contributed by atoms with Crippen molar-refractivity contribution in [3.05, 3.63) is 91.8 Å². The molecule has 2 aromatic heterocycles. The molecule has 7 rings (SSSR count). The van der Waals surface area contributed by atoms with Crippen molar-refractivity contribution in [3.8, 4) is 0 Å². The molecule has 4 heterocycles. The van der Waals surface area contributed by atoms with Crippen LogP contribution in [0.15, 0.2) is 64.4 Å². The van der Waals surface area contributed by atoms with Crippen molar-refractivity contribution in [3.63, 3.8) is 0 Å². The number of hydrogen-bond acceptors (Lipinski definition) is 10. The number of carbonyl (C=O) groups is 3. The smallest absolute Gasteiger partial charge is 0.323 e. The fourth-order valence-electron chi connectivity index (χ4n) is 7.54. The number of fused-ring (bicyclic) bond motifs is 2. The number of amides is 3. The summed E-state index contributed by atoms with van der Waals surface area (Å²) in [5, 5.41) is 13.6. The minimum Gasteiger partial charge on any atom is -0.375 e. The van der Waals surface area contributed by atoms with Crippen molar-refractivity contribution in [2.24, 2.45) is 0 Å². The molecule has 2 aromatic carbocycles.